The number of ether oxygens (including phenoxy) is 1. The fourth-order valence-electron chi connectivity index (χ4n) is 1.84. The fraction of sp³-hybridized carbons (Fsp3) is 0.125. The number of para-hydroxylation sites is 1. The maximum Gasteiger partial charge on any atom is 0.280 e. The SMILES string of the molecule is C[C@@H](Oc1ccccc1Br)C(=O)N/N=C\c1cc(Cl)ccc1[N+](=O)[O-]. The predicted octanol–water partition coefficient (Wildman–Crippen LogP) is 3.93. The molecule has 1 atom stereocenters. The van der Waals surface area contributed by atoms with Crippen molar-refractivity contribution in [3.63, 3.8) is 0 Å². The zero-order chi connectivity index (χ0) is 18.4. The molecule has 1 amide bonds. The number of rotatable bonds is 6. The molecule has 130 valence electrons. The molecule has 9 heteroatoms. The van der Waals surface area contributed by atoms with Gasteiger partial charge < -0.3 is 4.74 Å². The van der Waals surface area contributed by atoms with Crippen LogP contribution >= 0.6 is 27.5 Å². The summed E-state index contributed by atoms with van der Waals surface area (Å²) in [7, 11) is 0. The number of hydrogen-bond donors (Lipinski definition) is 1. The highest BCUT2D eigenvalue weighted by Gasteiger charge is 2.16. The number of carbonyl (C=O) groups excluding carboxylic acids is 1. The van der Waals surface area contributed by atoms with E-state index >= 15 is 0 Å². The van der Waals surface area contributed by atoms with Crippen molar-refractivity contribution in [3.8, 4) is 5.75 Å². The van der Waals surface area contributed by atoms with Gasteiger partial charge in [-0.1, -0.05) is 23.7 Å². The molecule has 0 aliphatic heterocycles. The number of halogens is 2. The second-order valence-electron chi connectivity index (χ2n) is 4.89. The Hall–Kier alpha value is -2.45. The zero-order valence-electron chi connectivity index (χ0n) is 13.0. The molecule has 0 saturated carbocycles. The third-order valence-electron chi connectivity index (χ3n) is 3.07. The molecular weight excluding hydrogens is 414 g/mol. The lowest BCUT2D eigenvalue weighted by Gasteiger charge is -2.13. The van der Waals surface area contributed by atoms with Gasteiger partial charge >= 0.3 is 0 Å². The quantitative estimate of drug-likeness (QED) is 0.430. The van der Waals surface area contributed by atoms with Gasteiger partial charge in [0.25, 0.3) is 11.6 Å². The average Bonchev–Trinajstić information content (AvgIpc) is 2.56. The van der Waals surface area contributed by atoms with E-state index in [0.717, 1.165) is 6.21 Å². The predicted molar refractivity (Wildman–Crippen MR) is 98.1 cm³/mol. The number of hydrogen-bond acceptors (Lipinski definition) is 5. The molecule has 7 nitrogen and oxygen atoms in total. The molecule has 0 aliphatic rings. The molecule has 0 aromatic heterocycles. The van der Waals surface area contributed by atoms with Crippen LogP contribution in [0.15, 0.2) is 52.0 Å². The van der Waals surface area contributed by atoms with E-state index in [-0.39, 0.29) is 11.3 Å². The van der Waals surface area contributed by atoms with Crippen LogP contribution in [0.4, 0.5) is 5.69 Å². The van der Waals surface area contributed by atoms with Crippen LogP contribution in [-0.4, -0.2) is 23.1 Å². The second-order valence-corrected chi connectivity index (χ2v) is 6.18. The Kier molecular flexibility index (Phi) is 6.49. The van der Waals surface area contributed by atoms with E-state index in [0.29, 0.717) is 15.2 Å². The third kappa shape index (κ3) is 5.27. The van der Waals surface area contributed by atoms with Crippen LogP contribution < -0.4 is 10.2 Å². The highest BCUT2D eigenvalue weighted by molar-refractivity contribution is 9.10. The van der Waals surface area contributed by atoms with Crippen molar-refractivity contribution < 1.29 is 14.5 Å². The van der Waals surface area contributed by atoms with Crippen LogP contribution in [0.2, 0.25) is 5.02 Å². The van der Waals surface area contributed by atoms with Crippen molar-refractivity contribution >= 4 is 45.3 Å². The lowest BCUT2D eigenvalue weighted by Crippen LogP contribution is -2.33. The van der Waals surface area contributed by atoms with Gasteiger partial charge in [-0.3, -0.25) is 14.9 Å². The lowest BCUT2D eigenvalue weighted by molar-refractivity contribution is -0.385. The fourth-order valence-corrected chi connectivity index (χ4v) is 2.39. The van der Waals surface area contributed by atoms with Crippen molar-refractivity contribution in [2.45, 2.75) is 13.0 Å². The molecule has 2 rings (SSSR count). The Morgan fingerprint density at radius 2 is 2.12 bits per heavy atom. The van der Waals surface area contributed by atoms with Gasteiger partial charge in [0.1, 0.15) is 5.75 Å². The first-order valence-corrected chi connectivity index (χ1v) is 8.23. The summed E-state index contributed by atoms with van der Waals surface area (Å²) in [5.74, 6) is 0.0105. The standard InChI is InChI=1S/C16H13BrClN3O4/c1-10(25-15-5-3-2-4-13(15)17)16(22)20-19-9-11-8-12(18)6-7-14(11)21(23)24/h2-10H,1H3,(H,20,22)/b19-9-/t10-/m1/s1. The Bertz CT molecular complexity index is 829. The van der Waals surface area contributed by atoms with E-state index < -0.39 is 16.9 Å². The van der Waals surface area contributed by atoms with Gasteiger partial charge in [0.05, 0.1) is 21.2 Å². The number of benzene rings is 2. The molecule has 0 fully saturated rings. The summed E-state index contributed by atoms with van der Waals surface area (Å²) in [4.78, 5) is 22.4. The maximum atomic E-state index is 12.0. The number of nitro benzene ring substituents is 1. The summed E-state index contributed by atoms with van der Waals surface area (Å²) in [6.45, 7) is 1.56. The first-order valence-electron chi connectivity index (χ1n) is 7.06. The number of nitro groups is 1. The molecule has 0 bridgehead atoms. The van der Waals surface area contributed by atoms with Gasteiger partial charge in [-0.15, -0.1) is 0 Å². The van der Waals surface area contributed by atoms with E-state index in [2.05, 4.69) is 26.5 Å². The van der Waals surface area contributed by atoms with Crippen LogP contribution in [0.1, 0.15) is 12.5 Å². The lowest BCUT2D eigenvalue weighted by atomic mass is 10.2. The average molecular weight is 427 g/mol. The van der Waals surface area contributed by atoms with Crippen LogP contribution in [0, 0.1) is 10.1 Å². The maximum absolute atomic E-state index is 12.0. The van der Waals surface area contributed by atoms with E-state index in [1.54, 1.807) is 25.1 Å². The molecule has 2 aromatic rings. The van der Waals surface area contributed by atoms with Crippen LogP contribution in [0.3, 0.4) is 0 Å². The van der Waals surface area contributed by atoms with Crippen molar-refractivity contribution in [3.05, 3.63) is 67.6 Å². The monoisotopic (exact) mass is 425 g/mol. The minimum atomic E-state index is -0.815. The molecule has 25 heavy (non-hydrogen) atoms. The Morgan fingerprint density at radius 3 is 2.80 bits per heavy atom. The summed E-state index contributed by atoms with van der Waals surface area (Å²) in [6.07, 6.45) is 0.345. The Labute approximate surface area is 156 Å². The summed E-state index contributed by atoms with van der Waals surface area (Å²) < 4.78 is 6.24. The van der Waals surface area contributed by atoms with Crippen molar-refractivity contribution in [2.75, 3.05) is 0 Å². The van der Waals surface area contributed by atoms with Crippen LogP contribution in [0.25, 0.3) is 0 Å². The summed E-state index contributed by atoms with van der Waals surface area (Å²) in [6, 6.07) is 11.2. The van der Waals surface area contributed by atoms with Crippen LogP contribution in [-0.2, 0) is 4.79 Å². The molecule has 0 saturated heterocycles. The first-order chi connectivity index (χ1) is 11.9. The number of amides is 1. The zero-order valence-corrected chi connectivity index (χ0v) is 15.3. The van der Waals surface area contributed by atoms with E-state index in [1.807, 2.05) is 6.07 Å². The number of hydrazone groups is 1. The van der Waals surface area contributed by atoms with Crippen molar-refractivity contribution in [1.29, 1.82) is 0 Å². The second kappa shape index (κ2) is 8.59. The first kappa shape index (κ1) is 18.9. The molecule has 0 heterocycles. The van der Waals surface area contributed by atoms with E-state index in [4.69, 9.17) is 16.3 Å². The summed E-state index contributed by atoms with van der Waals surface area (Å²) >= 11 is 9.15. The largest absolute Gasteiger partial charge is 0.480 e. The topological polar surface area (TPSA) is 93.8 Å². The molecule has 1 N–H and O–H groups in total. The Morgan fingerprint density at radius 1 is 1.40 bits per heavy atom. The van der Waals surface area contributed by atoms with Gasteiger partial charge in [0.15, 0.2) is 6.10 Å². The van der Waals surface area contributed by atoms with Gasteiger partial charge in [0.2, 0.25) is 0 Å². The Balaban J connectivity index is 2.02. The third-order valence-corrected chi connectivity index (χ3v) is 3.96. The smallest absolute Gasteiger partial charge is 0.280 e. The molecule has 0 radical (unpaired) electrons. The minimum Gasteiger partial charge on any atom is -0.480 e. The van der Waals surface area contributed by atoms with Crippen molar-refractivity contribution in [1.82, 2.24) is 5.43 Å². The van der Waals surface area contributed by atoms with Crippen LogP contribution in [0.5, 0.6) is 5.75 Å². The van der Waals surface area contributed by atoms with Gasteiger partial charge in [-0.2, -0.15) is 5.10 Å². The van der Waals surface area contributed by atoms with Gasteiger partial charge in [-0.05, 0) is 47.1 Å². The van der Waals surface area contributed by atoms with Crippen molar-refractivity contribution in [2.24, 2.45) is 5.10 Å². The molecular formula is C16H13BrClN3O4. The highest BCUT2D eigenvalue weighted by Crippen LogP contribution is 2.25. The van der Waals surface area contributed by atoms with E-state index in [1.165, 1.54) is 18.2 Å². The van der Waals surface area contributed by atoms with E-state index in [9.17, 15) is 14.9 Å². The highest BCUT2D eigenvalue weighted by atomic mass is 79.9. The number of carbonyl (C=O) groups is 1. The molecule has 2 aromatic carbocycles. The van der Waals surface area contributed by atoms with Gasteiger partial charge in [0, 0.05) is 11.1 Å². The summed E-state index contributed by atoms with van der Waals surface area (Å²) in [5.41, 5.74) is 2.29. The summed E-state index contributed by atoms with van der Waals surface area (Å²) in [5, 5.41) is 15.0. The molecule has 0 aliphatic carbocycles. The molecule has 0 unspecified atom stereocenters. The number of nitrogens with zero attached hydrogens (tertiary/aromatic N) is 2. The number of nitrogens with one attached hydrogen (secondary N) is 1. The minimum absolute atomic E-state index is 0.167. The molecule has 0 spiro atoms. The van der Waals surface area contributed by atoms with Gasteiger partial charge in [-0.25, -0.2) is 5.43 Å². The normalized spacial score (nSPS) is 12.0.